The smallest absolute Gasteiger partial charge is 0.310 e. The Bertz CT molecular complexity index is 263. The molecule has 0 fully saturated rings. The molecule has 124 valence electrons. The molecule has 0 rings (SSSR count). The Balaban J connectivity index is 3.12. The SMILES string of the molecule is C=COC(=O)CCCCCCCCCCCCC(C)(C)C. The Morgan fingerprint density at radius 2 is 1.29 bits per heavy atom. The van der Waals surface area contributed by atoms with E-state index < -0.39 is 0 Å². The largest absolute Gasteiger partial charge is 0.435 e. The Hall–Kier alpha value is -0.790. The predicted molar refractivity (Wildman–Crippen MR) is 91.1 cm³/mol. The van der Waals surface area contributed by atoms with Gasteiger partial charge in [-0.1, -0.05) is 85.1 Å². The van der Waals surface area contributed by atoms with Crippen LogP contribution in [-0.4, -0.2) is 5.97 Å². The van der Waals surface area contributed by atoms with E-state index in [0.717, 1.165) is 12.8 Å². The summed E-state index contributed by atoms with van der Waals surface area (Å²) in [7, 11) is 0. The minimum atomic E-state index is -0.153. The lowest BCUT2D eigenvalue weighted by Crippen LogP contribution is -2.03. The molecule has 0 saturated carbocycles. The second-order valence-corrected chi connectivity index (χ2v) is 7.25. The van der Waals surface area contributed by atoms with Gasteiger partial charge in [-0.05, 0) is 18.3 Å². The van der Waals surface area contributed by atoms with E-state index in [2.05, 4.69) is 32.1 Å². The number of esters is 1. The fraction of sp³-hybridized carbons (Fsp3) is 0.842. The lowest BCUT2D eigenvalue weighted by molar-refractivity contribution is -0.138. The highest BCUT2D eigenvalue weighted by Crippen LogP contribution is 2.22. The number of carbonyl (C=O) groups is 1. The maximum atomic E-state index is 11.1. The van der Waals surface area contributed by atoms with Gasteiger partial charge in [0.15, 0.2) is 0 Å². The molecular formula is C19H36O2. The third-order valence-corrected chi connectivity index (χ3v) is 3.77. The van der Waals surface area contributed by atoms with E-state index in [1.165, 1.54) is 64.0 Å². The highest BCUT2D eigenvalue weighted by molar-refractivity contribution is 5.69. The van der Waals surface area contributed by atoms with Crippen molar-refractivity contribution in [3.05, 3.63) is 12.8 Å². The number of hydrogen-bond acceptors (Lipinski definition) is 2. The summed E-state index contributed by atoms with van der Waals surface area (Å²) in [5, 5.41) is 0. The van der Waals surface area contributed by atoms with Crippen LogP contribution < -0.4 is 0 Å². The first-order valence-electron chi connectivity index (χ1n) is 8.76. The predicted octanol–water partition coefficient (Wildman–Crippen LogP) is 6.40. The van der Waals surface area contributed by atoms with Crippen LogP contribution in [-0.2, 0) is 9.53 Å². The monoisotopic (exact) mass is 296 g/mol. The molecule has 0 spiro atoms. The summed E-state index contributed by atoms with van der Waals surface area (Å²) in [5.41, 5.74) is 0.498. The summed E-state index contributed by atoms with van der Waals surface area (Å²) >= 11 is 0. The first-order valence-corrected chi connectivity index (χ1v) is 8.76. The fourth-order valence-corrected chi connectivity index (χ4v) is 2.49. The fourth-order valence-electron chi connectivity index (χ4n) is 2.49. The molecule has 0 radical (unpaired) electrons. The highest BCUT2D eigenvalue weighted by atomic mass is 16.5. The average Bonchev–Trinajstić information content (AvgIpc) is 2.39. The van der Waals surface area contributed by atoms with E-state index >= 15 is 0 Å². The molecule has 0 N–H and O–H groups in total. The quantitative estimate of drug-likeness (QED) is 0.223. The van der Waals surface area contributed by atoms with Crippen molar-refractivity contribution in [2.24, 2.45) is 5.41 Å². The Kier molecular flexibility index (Phi) is 12.4. The molecule has 0 aromatic carbocycles. The summed E-state index contributed by atoms with van der Waals surface area (Å²) in [5.74, 6) is -0.153. The molecule has 0 aromatic rings. The number of rotatable bonds is 13. The zero-order valence-corrected chi connectivity index (χ0v) is 14.6. The second-order valence-electron chi connectivity index (χ2n) is 7.25. The molecule has 0 aliphatic rings. The molecule has 0 heterocycles. The van der Waals surface area contributed by atoms with Crippen molar-refractivity contribution >= 4 is 5.97 Å². The third-order valence-electron chi connectivity index (χ3n) is 3.77. The summed E-state index contributed by atoms with van der Waals surface area (Å²) in [6, 6.07) is 0. The molecule has 0 aliphatic carbocycles. The van der Waals surface area contributed by atoms with Gasteiger partial charge in [-0.25, -0.2) is 0 Å². The second kappa shape index (κ2) is 12.9. The van der Waals surface area contributed by atoms with Gasteiger partial charge in [0.05, 0.1) is 6.26 Å². The molecule has 0 bridgehead atoms. The maximum Gasteiger partial charge on any atom is 0.310 e. The summed E-state index contributed by atoms with van der Waals surface area (Å²) in [4.78, 5) is 11.1. The number of hydrogen-bond donors (Lipinski definition) is 0. The van der Waals surface area contributed by atoms with Crippen LogP contribution in [0.5, 0.6) is 0 Å². The Morgan fingerprint density at radius 3 is 1.71 bits per heavy atom. The van der Waals surface area contributed by atoms with Crippen molar-refractivity contribution < 1.29 is 9.53 Å². The number of carbonyl (C=O) groups excluding carboxylic acids is 1. The van der Waals surface area contributed by atoms with Crippen LogP contribution in [0.3, 0.4) is 0 Å². The van der Waals surface area contributed by atoms with Gasteiger partial charge in [0.1, 0.15) is 0 Å². The van der Waals surface area contributed by atoms with E-state index in [9.17, 15) is 4.79 Å². The van der Waals surface area contributed by atoms with E-state index in [1.807, 2.05) is 0 Å². The minimum absolute atomic E-state index is 0.153. The van der Waals surface area contributed by atoms with Gasteiger partial charge in [-0.15, -0.1) is 0 Å². The van der Waals surface area contributed by atoms with Gasteiger partial charge in [0.25, 0.3) is 0 Å². The first kappa shape index (κ1) is 20.2. The summed E-state index contributed by atoms with van der Waals surface area (Å²) < 4.78 is 4.68. The van der Waals surface area contributed by atoms with Crippen molar-refractivity contribution in [3.8, 4) is 0 Å². The van der Waals surface area contributed by atoms with Crippen LogP contribution >= 0.6 is 0 Å². The first-order chi connectivity index (χ1) is 9.95. The van der Waals surface area contributed by atoms with Crippen LogP contribution in [0.4, 0.5) is 0 Å². The van der Waals surface area contributed by atoms with Gasteiger partial charge in [-0.3, -0.25) is 4.79 Å². The standard InChI is InChI=1S/C19H36O2/c1-5-21-18(20)16-14-12-10-8-6-7-9-11-13-15-17-19(2,3)4/h5H,1,6-17H2,2-4H3. The van der Waals surface area contributed by atoms with Gasteiger partial charge >= 0.3 is 5.97 Å². The normalized spacial score (nSPS) is 11.4. The van der Waals surface area contributed by atoms with Crippen molar-refractivity contribution in [2.75, 3.05) is 0 Å². The molecule has 0 aliphatic heterocycles. The van der Waals surface area contributed by atoms with Crippen LogP contribution in [0, 0.1) is 5.41 Å². The van der Waals surface area contributed by atoms with Gasteiger partial charge in [-0.2, -0.15) is 0 Å². The summed E-state index contributed by atoms with van der Waals surface area (Å²) in [6.07, 6.45) is 16.0. The van der Waals surface area contributed by atoms with Crippen LogP contribution in [0.25, 0.3) is 0 Å². The average molecular weight is 296 g/mol. The molecule has 0 unspecified atom stereocenters. The van der Waals surface area contributed by atoms with E-state index in [1.54, 1.807) is 0 Å². The van der Waals surface area contributed by atoms with E-state index in [4.69, 9.17) is 0 Å². The van der Waals surface area contributed by atoms with Crippen LogP contribution in [0.2, 0.25) is 0 Å². The lowest BCUT2D eigenvalue weighted by atomic mass is 9.89. The molecule has 0 atom stereocenters. The van der Waals surface area contributed by atoms with Crippen molar-refractivity contribution in [3.63, 3.8) is 0 Å². The molecule has 21 heavy (non-hydrogen) atoms. The molecular weight excluding hydrogens is 260 g/mol. The third kappa shape index (κ3) is 17.2. The minimum Gasteiger partial charge on any atom is -0.435 e. The van der Waals surface area contributed by atoms with E-state index in [0.29, 0.717) is 11.8 Å². The van der Waals surface area contributed by atoms with Crippen molar-refractivity contribution in [2.45, 2.75) is 97.8 Å². The maximum absolute atomic E-state index is 11.1. The zero-order chi connectivity index (χ0) is 16.0. The molecule has 0 aromatic heterocycles. The number of unbranched alkanes of at least 4 members (excludes halogenated alkanes) is 9. The topological polar surface area (TPSA) is 26.3 Å². The summed E-state index contributed by atoms with van der Waals surface area (Å²) in [6.45, 7) is 10.3. The zero-order valence-electron chi connectivity index (χ0n) is 14.6. The van der Waals surface area contributed by atoms with Crippen LogP contribution in [0.15, 0.2) is 12.8 Å². The molecule has 2 nitrogen and oxygen atoms in total. The van der Waals surface area contributed by atoms with Gasteiger partial charge < -0.3 is 4.74 Å². The van der Waals surface area contributed by atoms with Crippen molar-refractivity contribution in [1.29, 1.82) is 0 Å². The molecule has 0 amide bonds. The number of ether oxygens (including phenoxy) is 1. The molecule has 2 heteroatoms. The van der Waals surface area contributed by atoms with Crippen LogP contribution in [0.1, 0.15) is 97.8 Å². The molecule has 0 saturated heterocycles. The van der Waals surface area contributed by atoms with Gasteiger partial charge in [0.2, 0.25) is 0 Å². The van der Waals surface area contributed by atoms with Crippen molar-refractivity contribution in [1.82, 2.24) is 0 Å². The van der Waals surface area contributed by atoms with E-state index in [-0.39, 0.29) is 5.97 Å². The van der Waals surface area contributed by atoms with Gasteiger partial charge in [0, 0.05) is 6.42 Å². The Morgan fingerprint density at radius 1 is 0.857 bits per heavy atom. The highest BCUT2D eigenvalue weighted by Gasteiger charge is 2.08. The lowest BCUT2D eigenvalue weighted by Gasteiger charge is -2.17. The Labute approximate surface area is 132 Å².